The lowest BCUT2D eigenvalue weighted by molar-refractivity contribution is -0.197. The van der Waals surface area contributed by atoms with Crippen molar-refractivity contribution in [3.8, 4) is 0 Å². The summed E-state index contributed by atoms with van der Waals surface area (Å²) in [6, 6.07) is 4.83. The van der Waals surface area contributed by atoms with Crippen molar-refractivity contribution in [2.45, 2.75) is 38.5 Å². The van der Waals surface area contributed by atoms with Gasteiger partial charge in [-0.2, -0.15) is 0 Å². The number of nitrogens with zero attached hydrogens (tertiary/aromatic N) is 1. The fourth-order valence-corrected chi connectivity index (χ4v) is 2.95. The van der Waals surface area contributed by atoms with Crippen molar-refractivity contribution in [3.05, 3.63) is 33.8 Å². The van der Waals surface area contributed by atoms with Crippen molar-refractivity contribution in [1.29, 1.82) is 0 Å². The molecule has 3 amide bonds. The minimum atomic E-state index is -0.625. The van der Waals surface area contributed by atoms with E-state index in [9.17, 15) is 19.2 Å². The van der Waals surface area contributed by atoms with Crippen molar-refractivity contribution >= 4 is 46.9 Å². The Bertz CT molecular complexity index is 687. The highest BCUT2D eigenvalue weighted by molar-refractivity contribution is 6.39. The summed E-state index contributed by atoms with van der Waals surface area (Å²) < 4.78 is 0. The third-order valence-electron chi connectivity index (χ3n) is 3.73. The molecule has 0 bridgehead atoms. The van der Waals surface area contributed by atoms with E-state index < -0.39 is 17.8 Å². The number of carbonyl (C=O) groups is 4. The summed E-state index contributed by atoms with van der Waals surface area (Å²) in [6.45, 7) is 0.401. The van der Waals surface area contributed by atoms with E-state index in [0.717, 1.165) is 0 Å². The van der Waals surface area contributed by atoms with Gasteiger partial charge < -0.3 is 10.2 Å². The molecule has 7 nitrogen and oxygen atoms in total. The molecule has 1 aromatic carbocycles. The number of carbonyl (C=O) groups excluding carboxylic acids is 4. The van der Waals surface area contributed by atoms with Gasteiger partial charge in [-0.15, -0.1) is 5.06 Å². The molecule has 0 atom stereocenters. The minimum absolute atomic E-state index is 0.0707. The highest BCUT2D eigenvalue weighted by Crippen LogP contribution is 2.23. The van der Waals surface area contributed by atoms with E-state index in [0.29, 0.717) is 30.9 Å². The van der Waals surface area contributed by atoms with Crippen LogP contribution in [0.4, 0.5) is 0 Å². The molecule has 0 unspecified atom stereocenters. The Kier molecular flexibility index (Phi) is 7.41. The van der Waals surface area contributed by atoms with Gasteiger partial charge in [0.05, 0.1) is 15.6 Å². The summed E-state index contributed by atoms with van der Waals surface area (Å²) in [4.78, 5) is 51.1. The van der Waals surface area contributed by atoms with Crippen LogP contribution in [0.5, 0.6) is 0 Å². The molecule has 1 heterocycles. The van der Waals surface area contributed by atoms with Crippen molar-refractivity contribution < 1.29 is 24.0 Å². The molecule has 0 aliphatic carbocycles. The van der Waals surface area contributed by atoms with E-state index in [-0.39, 0.29) is 40.8 Å². The highest BCUT2D eigenvalue weighted by Gasteiger charge is 2.32. The van der Waals surface area contributed by atoms with Crippen LogP contribution >= 0.6 is 23.2 Å². The zero-order valence-electron chi connectivity index (χ0n) is 13.9. The van der Waals surface area contributed by atoms with Crippen molar-refractivity contribution in [2.24, 2.45) is 0 Å². The van der Waals surface area contributed by atoms with E-state index >= 15 is 0 Å². The van der Waals surface area contributed by atoms with Crippen LogP contribution in [0.25, 0.3) is 0 Å². The molecule has 9 heteroatoms. The Morgan fingerprint density at radius 1 is 1.04 bits per heavy atom. The molecule has 1 saturated heterocycles. The largest absolute Gasteiger partial charge is 0.352 e. The molecule has 0 radical (unpaired) electrons. The average molecular weight is 401 g/mol. The second-order valence-electron chi connectivity index (χ2n) is 5.71. The topological polar surface area (TPSA) is 92.8 Å². The summed E-state index contributed by atoms with van der Waals surface area (Å²) in [5.41, 5.74) is 0.236. The van der Waals surface area contributed by atoms with Gasteiger partial charge in [-0.25, -0.2) is 4.79 Å². The normalized spacial score (nSPS) is 13.8. The van der Waals surface area contributed by atoms with E-state index in [4.69, 9.17) is 28.0 Å². The second kappa shape index (κ2) is 9.54. The van der Waals surface area contributed by atoms with Gasteiger partial charge in [-0.05, 0) is 25.0 Å². The average Bonchev–Trinajstić information content (AvgIpc) is 2.89. The molecule has 1 aromatic rings. The van der Waals surface area contributed by atoms with Crippen LogP contribution in [0.15, 0.2) is 18.2 Å². The molecule has 1 aliphatic heterocycles. The maximum atomic E-state index is 12.1. The number of amides is 3. The predicted molar refractivity (Wildman–Crippen MR) is 94.4 cm³/mol. The molecule has 1 fully saturated rings. The summed E-state index contributed by atoms with van der Waals surface area (Å²) in [5.74, 6) is -1.97. The Balaban J connectivity index is 1.62. The maximum Gasteiger partial charge on any atom is 0.333 e. The molecule has 0 spiro atoms. The monoisotopic (exact) mass is 400 g/mol. The fourth-order valence-electron chi connectivity index (χ4n) is 2.38. The molecule has 1 N–H and O–H groups in total. The number of unbranched alkanes of at least 4 members (excludes halogenated alkanes) is 2. The van der Waals surface area contributed by atoms with Gasteiger partial charge in [0, 0.05) is 25.8 Å². The van der Waals surface area contributed by atoms with Crippen molar-refractivity contribution in [1.82, 2.24) is 10.4 Å². The SMILES string of the molecule is O=C(CCCCCNC(=O)c1c(Cl)cccc1Cl)ON1C(=O)CCC1=O. The van der Waals surface area contributed by atoms with Gasteiger partial charge >= 0.3 is 5.97 Å². The van der Waals surface area contributed by atoms with Crippen LogP contribution < -0.4 is 5.32 Å². The van der Waals surface area contributed by atoms with E-state index in [2.05, 4.69) is 5.32 Å². The third kappa shape index (κ3) is 5.44. The maximum absolute atomic E-state index is 12.1. The zero-order valence-corrected chi connectivity index (χ0v) is 15.4. The lowest BCUT2D eigenvalue weighted by Gasteiger charge is -2.12. The van der Waals surface area contributed by atoms with Crippen LogP contribution in [0.1, 0.15) is 48.9 Å². The Morgan fingerprint density at radius 3 is 2.27 bits per heavy atom. The minimum Gasteiger partial charge on any atom is -0.352 e. The predicted octanol–water partition coefficient (Wildman–Crippen LogP) is 2.89. The number of hydrogen-bond donors (Lipinski definition) is 1. The number of benzene rings is 1. The number of imide groups is 1. The molecular formula is C17H18Cl2N2O5. The third-order valence-corrected chi connectivity index (χ3v) is 4.36. The first-order valence-corrected chi connectivity index (χ1v) is 8.94. The highest BCUT2D eigenvalue weighted by atomic mass is 35.5. The van der Waals surface area contributed by atoms with Crippen LogP contribution in [0.2, 0.25) is 10.0 Å². The summed E-state index contributed by atoms with van der Waals surface area (Å²) in [5, 5.41) is 3.82. The molecule has 2 rings (SSSR count). The van der Waals surface area contributed by atoms with Gasteiger partial charge in [0.2, 0.25) is 0 Å². The molecule has 1 aliphatic rings. The first-order valence-electron chi connectivity index (χ1n) is 8.19. The molecule has 140 valence electrons. The van der Waals surface area contributed by atoms with Crippen LogP contribution in [-0.4, -0.2) is 35.3 Å². The lowest BCUT2D eigenvalue weighted by Crippen LogP contribution is -2.31. The molecular weight excluding hydrogens is 383 g/mol. The van der Waals surface area contributed by atoms with E-state index in [1.165, 1.54) is 0 Å². The first kappa shape index (κ1) is 20.2. The van der Waals surface area contributed by atoms with Gasteiger partial charge in [0.15, 0.2) is 0 Å². The number of rotatable bonds is 8. The smallest absolute Gasteiger partial charge is 0.333 e. The van der Waals surface area contributed by atoms with Gasteiger partial charge in [0.1, 0.15) is 0 Å². The van der Waals surface area contributed by atoms with Gasteiger partial charge in [-0.1, -0.05) is 35.7 Å². The Hall–Kier alpha value is -2.12. The Labute approximate surface area is 160 Å². The number of halogens is 2. The summed E-state index contributed by atoms with van der Waals surface area (Å²) >= 11 is 11.9. The lowest BCUT2D eigenvalue weighted by atomic mass is 10.2. The second-order valence-corrected chi connectivity index (χ2v) is 6.52. The molecule has 0 saturated carbocycles. The van der Waals surface area contributed by atoms with Crippen LogP contribution in [0, 0.1) is 0 Å². The Morgan fingerprint density at radius 2 is 1.65 bits per heavy atom. The summed E-state index contributed by atoms with van der Waals surface area (Å²) in [7, 11) is 0. The fraction of sp³-hybridized carbons (Fsp3) is 0.412. The molecule has 26 heavy (non-hydrogen) atoms. The first-order chi connectivity index (χ1) is 12.4. The number of nitrogens with one attached hydrogen (secondary N) is 1. The van der Waals surface area contributed by atoms with Gasteiger partial charge in [-0.3, -0.25) is 14.4 Å². The van der Waals surface area contributed by atoms with Crippen LogP contribution in [-0.2, 0) is 19.2 Å². The quantitative estimate of drug-likeness (QED) is 0.534. The van der Waals surface area contributed by atoms with Crippen LogP contribution in [0.3, 0.4) is 0 Å². The summed E-state index contributed by atoms with van der Waals surface area (Å²) in [6.07, 6.45) is 2.04. The van der Waals surface area contributed by atoms with E-state index in [1.54, 1.807) is 18.2 Å². The number of hydrogen-bond acceptors (Lipinski definition) is 5. The van der Waals surface area contributed by atoms with Gasteiger partial charge in [0.25, 0.3) is 17.7 Å². The molecule has 0 aromatic heterocycles. The standard InChI is InChI=1S/C17H18Cl2N2O5/c18-11-5-4-6-12(19)16(11)17(25)20-10-3-1-2-7-15(24)26-21-13(22)8-9-14(21)23/h4-6H,1-3,7-10H2,(H,20,25). The van der Waals surface area contributed by atoms with Crippen molar-refractivity contribution in [3.63, 3.8) is 0 Å². The van der Waals surface area contributed by atoms with E-state index in [1.807, 2.05) is 0 Å². The number of hydroxylamine groups is 2. The van der Waals surface area contributed by atoms with Crippen molar-refractivity contribution in [2.75, 3.05) is 6.54 Å². The zero-order chi connectivity index (χ0) is 19.1.